The highest BCUT2D eigenvalue weighted by Gasteiger charge is 2.36. The summed E-state index contributed by atoms with van der Waals surface area (Å²) < 4.78 is 0. The summed E-state index contributed by atoms with van der Waals surface area (Å²) >= 11 is 0. The molecule has 0 aromatic heterocycles. The van der Waals surface area contributed by atoms with Crippen LogP contribution in [0.2, 0.25) is 0 Å². The van der Waals surface area contributed by atoms with E-state index in [4.69, 9.17) is 5.73 Å². The Bertz CT molecular complexity index is 199. The Morgan fingerprint density at radius 1 is 1.27 bits per heavy atom. The Labute approximate surface area is 93.6 Å². The van der Waals surface area contributed by atoms with E-state index in [0.717, 1.165) is 0 Å². The maximum Gasteiger partial charge on any atom is 0.0378 e. The molecule has 15 heavy (non-hydrogen) atoms. The molecule has 3 aliphatic heterocycles. The van der Waals surface area contributed by atoms with E-state index in [2.05, 4.69) is 23.6 Å². The smallest absolute Gasteiger partial charge is 0.0378 e. The van der Waals surface area contributed by atoms with Crippen LogP contribution in [-0.4, -0.2) is 54.6 Å². The van der Waals surface area contributed by atoms with E-state index in [0.29, 0.717) is 18.0 Å². The first-order chi connectivity index (χ1) is 7.22. The van der Waals surface area contributed by atoms with Gasteiger partial charge in [-0.25, -0.2) is 0 Å². The topological polar surface area (TPSA) is 32.5 Å². The number of piperazine rings is 3. The second-order valence-corrected chi connectivity index (χ2v) is 5.25. The van der Waals surface area contributed by atoms with Gasteiger partial charge in [-0.3, -0.25) is 9.80 Å². The van der Waals surface area contributed by atoms with Crippen LogP contribution < -0.4 is 5.73 Å². The summed E-state index contributed by atoms with van der Waals surface area (Å²) in [6.45, 7) is 10.7. The molecule has 3 saturated heterocycles. The van der Waals surface area contributed by atoms with Crippen molar-refractivity contribution in [3.8, 4) is 0 Å². The third kappa shape index (κ3) is 2.35. The molecule has 2 N–H and O–H groups in total. The highest BCUT2D eigenvalue weighted by molar-refractivity contribution is 4.95. The van der Waals surface area contributed by atoms with Gasteiger partial charge in [-0.2, -0.15) is 0 Å². The molecule has 0 saturated carbocycles. The van der Waals surface area contributed by atoms with Crippen LogP contribution >= 0.6 is 0 Å². The van der Waals surface area contributed by atoms with Gasteiger partial charge in [0.2, 0.25) is 0 Å². The molecule has 0 aromatic rings. The largest absolute Gasteiger partial charge is 0.326 e. The van der Waals surface area contributed by atoms with Crippen molar-refractivity contribution in [2.75, 3.05) is 32.7 Å². The Kier molecular flexibility index (Phi) is 3.65. The quantitative estimate of drug-likeness (QED) is 0.745. The zero-order valence-electron chi connectivity index (χ0n) is 10.2. The molecule has 0 amide bonds. The molecule has 3 unspecified atom stereocenters. The fraction of sp³-hybridized carbons (Fsp3) is 1.00. The van der Waals surface area contributed by atoms with Crippen molar-refractivity contribution < 1.29 is 0 Å². The Morgan fingerprint density at radius 2 is 1.93 bits per heavy atom. The van der Waals surface area contributed by atoms with Crippen LogP contribution in [0.3, 0.4) is 0 Å². The van der Waals surface area contributed by atoms with Crippen LogP contribution in [0.25, 0.3) is 0 Å². The van der Waals surface area contributed by atoms with Gasteiger partial charge < -0.3 is 5.73 Å². The van der Waals surface area contributed by atoms with E-state index in [1.54, 1.807) is 0 Å². The highest BCUT2D eigenvalue weighted by Crippen LogP contribution is 2.22. The van der Waals surface area contributed by atoms with Gasteiger partial charge in [0.25, 0.3) is 0 Å². The summed E-state index contributed by atoms with van der Waals surface area (Å²) in [4.78, 5) is 5.18. The van der Waals surface area contributed by atoms with Crippen LogP contribution in [0, 0.1) is 5.92 Å². The number of nitrogens with two attached hydrogens (primary N) is 1. The zero-order chi connectivity index (χ0) is 10.8. The van der Waals surface area contributed by atoms with Gasteiger partial charge >= 0.3 is 0 Å². The van der Waals surface area contributed by atoms with E-state index in [-0.39, 0.29) is 0 Å². The summed E-state index contributed by atoms with van der Waals surface area (Å²) in [6, 6.07) is 0.988. The lowest BCUT2D eigenvalue weighted by Gasteiger charge is -2.50. The molecule has 3 heteroatoms. The molecule has 0 spiro atoms. The molecular weight excluding hydrogens is 186 g/mol. The van der Waals surface area contributed by atoms with Crippen molar-refractivity contribution >= 4 is 0 Å². The fourth-order valence-electron chi connectivity index (χ4n) is 3.05. The van der Waals surface area contributed by atoms with E-state index in [1.165, 1.54) is 45.6 Å². The molecule has 3 heterocycles. The minimum atomic E-state index is 0.369. The van der Waals surface area contributed by atoms with E-state index < -0.39 is 0 Å². The summed E-state index contributed by atoms with van der Waals surface area (Å²) in [5.41, 5.74) is 6.40. The van der Waals surface area contributed by atoms with Crippen molar-refractivity contribution in [1.82, 2.24) is 9.80 Å². The van der Waals surface area contributed by atoms with Crippen LogP contribution in [0.4, 0.5) is 0 Å². The van der Waals surface area contributed by atoms with Crippen LogP contribution in [0.5, 0.6) is 0 Å². The van der Waals surface area contributed by atoms with E-state index >= 15 is 0 Å². The standard InChI is InChI=1S/C12H25N3/c1-3-4-10(2)12(13)11-9-14-5-7-15(11)8-6-14/h10-12H,3-9,13H2,1-2H3. The summed E-state index contributed by atoms with van der Waals surface area (Å²) in [6.07, 6.45) is 2.52. The normalized spacial score (nSPS) is 39.0. The first-order valence-electron chi connectivity index (χ1n) is 6.44. The molecule has 88 valence electrons. The van der Waals surface area contributed by atoms with Crippen molar-refractivity contribution in [3.63, 3.8) is 0 Å². The maximum atomic E-state index is 6.40. The Morgan fingerprint density at radius 3 is 2.40 bits per heavy atom. The number of hydrogen-bond donors (Lipinski definition) is 1. The predicted octanol–water partition coefficient (Wildman–Crippen LogP) is 0.750. The lowest BCUT2D eigenvalue weighted by Crippen LogP contribution is -2.66. The molecule has 0 radical (unpaired) electrons. The first-order valence-corrected chi connectivity index (χ1v) is 6.44. The van der Waals surface area contributed by atoms with Crippen LogP contribution in [0.1, 0.15) is 26.7 Å². The minimum Gasteiger partial charge on any atom is -0.326 e. The summed E-state index contributed by atoms with van der Waals surface area (Å²) in [7, 11) is 0. The third-order valence-electron chi connectivity index (χ3n) is 4.17. The molecule has 3 rings (SSSR count). The van der Waals surface area contributed by atoms with Crippen molar-refractivity contribution in [2.45, 2.75) is 38.8 Å². The molecule has 3 aliphatic rings. The first kappa shape index (κ1) is 11.4. The summed E-state index contributed by atoms with van der Waals surface area (Å²) in [5.74, 6) is 0.667. The summed E-state index contributed by atoms with van der Waals surface area (Å²) in [5, 5.41) is 0. The molecule has 2 bridgehead atoms. The van der Waals surface area contributed by atoms with Gasteiger partial charge in [0, 0.05) is 44.8 Å². The highest BCUT2D eigenvalue weighted by atomic mass is 15.3. The van der Waals surface area contributed by atoms with Gasteiger partial charge in [0.05, 0.1) is 0 Å². The molecule has 3 fully saturated rings. The SMILES string of the molecule is CCCC(C)C(N)C1CN2CCN1CC2. The molecule has 0 aliphatic carbocycles. The molecule has 3 nitrogen and oxygen atoms in total. The minimum absolute atomic E-state index is 0.369. The average Bonchev–Trinajstić information content (AvgIpc) is 2.30. The number of nitrogens with zero attached hydrogens (tertiary/aromatic N) is 2. The van der Waals surface area contributed by atoms with Crippen LogP contribution in [0.15, 0.2) is 0 Å². The Balaban J connectivity index is 1.92. The number of rotatable bonds is 4. The lowest BCUT2D eigenvalue weighted by atomic mass is 9.88. The Hall–Kier alpha value is -0.120. The second kappa shape index (κ2) is 4.81. The monoisotopic (exact) mass is 211 g/mol. The zero-order valence-corrected chi connectivity index (χ0v) is 10.2. The molecule has 3 atom stereocenters. The van der Waals surface area contributed by atoms with Gasteiger partial charge in [0.15, 0.2) is 0 Å². The van der Waals surface area contributed by atoms with Gasteiger partial charge in [-0.1, -0.05) is 20.3 Å². The van der Waals surface area contributed by atoms with Crippen molar-refractivity contribution in [2.24, 2.45) is 11.7 Å². The van der Waals surface area contributed by atoms with Gasteiger partial charge in [-0.05, 0) is 12.3 Å². The lowest BCUT2D eigenvalue weighted by molar-refractivity contribution is -0.00552. The van der Waals surface area contributed by atoms with E-state index in [1.807, 2.05) is 0 Å². The van der Waals surface area contributed by atoms with Gasteiger partial charge in [0.1, 0.15) is 0 Å². The molecule has 0 aromatic carbocycles. The van der Waals surface area contributed by atoms with E-state index in [9.17, 15) is 0 Å². The van der Waals surface area contributed by atoms with Crippen molar-refractivity contribution in [1.29, 1.82) is 0 Å². The van der Waals surface area contributed by atoms with Gasteiger partial charge in [-0.15, -0.1) is 0 Å². The van der Waals surface area contributed by atoms with Crippen molar-refractivity contribution in [3.05, 3.63) is 0 Å². The molecular formula is C12H25N3. The number of hydrogen-bond acceptors (Lipinski definition) is 3. The third-order valence-corrected chi connectivity index (χ3v) is 4.17. The van der Waals surface area contributed by atoms with Crippen LogP contribution in [-0.2, 0) is 0 Å². The average molecular weight is 211 g/mol. The maximum absolute atomic E-state index is 6.40. The fourth-order valence-corrected chi connectivity index (χ4v) is 3.05. The number of fused-ring (bicyclic) bond motifs is 3. The second-order valence-electron chi connectivity index (χ2n) is 5.25. The predicted molar refractivity (Wildman–Crippen MR) is 63.8 cm³/mol.